The second-order valence-electron chi connectivity index (χ2n) is 8.91. The highest BCUT2D eigenvalue weighted by Gasteiger charge is 2.40. The molecule has 4 aromatic rings. The average molecular weight is 494 g/mol. The molecule has 0 fully saturated rings. The molecule has 3 heterocycles. The highest BCUT2D eigenvalue weighted by Crippen LogP contribution is 2.46. The Morgan fingerprint density at radius 2 is 1.89 bits per heavy atom. The third-order valence-electron chi connectivity index (χ3n) is 6.02. The number of aromatic nitrogens is 4. The topological polar surface area (TPSA) is 80.1 Å². The number of methoxy groups -OCH3 is 1. The number of hydrogen-bond donors (Lipinski definition) is 2. The summed E-state index contributed by atoms with van der Waals surface area (Å²) in [5, 5.41) is 6.91. The molecular weight excluding hydrogens is 469 g/mol. The SMILES string of the molecule is CNc1nc(Nc2ccc(-n3cnc(Cl)c3)c(OC)c2)nc2c1C(C)(C)CN2c1ccc(F)cc1. The first-order chi connectivity index (χ1) is 16.8. The van der Waals surface area contributed by atoms with Gasteiger partial charge in [-0.2, -0.15) is 9.97 Å². The maximum atomic E-state index is 13.6. The molecule has 2 aromatic heterocycles. The summed E-state index contributed by atoms with van der Waals surface area (Å²) < 4.78 is 20.9. The van der Waals surface area contributed by atoms with Crippen LogP contribution in [-0.2, 0) is 5.41 Å². The minimum absolute atomic E-state index is 0.211. The number of benzene rings is 2. The van der Waals surface area contributed by atoms with Crippen LogP contribution in [-0.4, -0.2) is 40.2 Å². The minimum atomic E-state index is -0.274. The molecule has 0 aliphatic carbocycles. The molecule has 0 bridgehead atoms. The van der Waals surface area contributed by atoms with Crippen LogP contribution in [0.3, 0.4) is 0 Å². The second-order valence-corrected chi connectivity index (χ2v) is 9.29. The van der Waals surface area contributed by atoms with Gasteiger partial charge in [-0.25, -0.2) is 9.37 Å². The molecule has 0 atom stereocenters. The van der Waals surface area contributed by atoms with Crippen LogP contribution in [0.1, 0.15) is 19.4 Å². The van der Waals surface area contributed by atoms with Gasteiger partial charge in [0.1, 0.15) is 34.7 Å². The van der Waals surface area contributed by atoms with Gasteiger partial charge in [0.15, 0.2) is 0 Å². The number of nitrogens with one attached hydrogen (secondary N) is 2. The highest BCUT2D eigenvalue weighted by atomic mass is 35.5. The lowest BCUT2D eigenvalue weighted by Gasteiger charge is -2.21. The lowest BCUT2D eigenvalue weighted by atomic mass is 9.88. The minimum Gasteiger partial charge on any atom is -0.494 e. The summed E-state index contributed by atoms with van der Waals surface area (Å²) in [6.45, 7) is 4.99. The van der Waals surface area contributed by atoms with Gasteiger partial charge in [0, 0.05) is 48.2 Å². The second kappa shape index (κ2) is 8.74. The van der Waals surface area contributed by atoms with Crippen molar-refractivity contribution < 1.29 is 9.13 Å². The zero-order valence-corrected chi connectivity index (χ0v) is 20.6. The van der Waals surface area contributed by atoms with Crippen molar-refractivity contribution >= 4 is 40.6 Å². The van der Waals surface area contributed by atoms with Gasteiger partial charge in [-0.05, 0) is 36.4 Å². The van der Waals surface area contributed by atoms with Crippen molar-refractivity contribution in [2.75, 3.05) is 36.2 Å². The van der Waals surface area contributed by atoms with E-state index in [2.05, 4.69) is 34.4 Å². The van der Waals surface area contributed by atoms with E-state index in [-0.39, 0.29) is 11.2 Å². The summed E-state index contributed by atoms with van der Waals surface area (Å²) in [4.78, 5) is 15.8. The maximum absolute atomic E-state index is 13.6. The van der Waals surface area contributed by atoms with E-state index in [4.69, 9.17) is 26.3 Å². The predicted octanol–water partition coefficient (Wildman–Crippen LogP) is 5.68. The number of fused-ring (bicyclic) bond motifs is 1. The van der Waals surface area contributed by atoms with E-state index in [1.165, 1.54) is 12.1 Å². The Morgan fingerprint density at radius 3 is 2.54 bits per heavy atom. The first-order valence-corrected chi connectivity index (χ1v) is 11.4. The van der Waals surface area contributed by atoms with E-state index in [1.54, 1.807) is 36.3 Å². The van der Waals surface area contributed by atoms with E-state index < -0.39 is 0 Å². The van der Waals surface area contributed by atoms with Gasteiger partial charge in [-0.15, -0.1) is 0 Å². The molecular formula is C25H25ClFN7O. The van der Waals surface area contributed by atoms with Crippen LogP contribution in [0.25, 0.3) is 5.69 Å². The Labute approximate surface area is 207 Å². The number of hydrogen-bond acceptors (Lipinski definition) is 7. The predicted molar refractivity (Wildman–Crippen MR) is 136 cm³/mol. The molecule has 0 spiro atoms. The van der Waals surface area contributed by atoms with Gasteiger partial charge >= 0.3 is 0 Å². The van der Waals surface area contributed by atoms with Crippen molar-refractivity contribution in [3.8, 4) is 11.4 Å². The molecule has 1 aliphatic heterocycles. The van der Waals surface area contributed by atoms with Crippen LogP contribution in [0.15, 0.2) is 55.0 Å². The molecule has 2 aromatic carbocycles. The van der Waals surface area contributed by atoms with Crippen LogP contribution in [0, 0.1) is 5.82 Å². The summed E-state index contributed by atoms with van der Waals surface area (Å²) in [5.74, 6) is 2.30. The zero-order valence-electron chi connectivity index (χ0n) is 19.8. The van der Waals surface area contributed by atoms with Crippen LogP contribution < -0.4 is 20.3 Å². The van der Waals surface area contributed by atoms with Crippen LogP contribution in [0.5, 0.6) is 5.75 Å². The summed E-state index contributed by atoms with van der Waals surface area (Å²) in [7, 11) is 3.45. The number of rotatable bonds is 6. The molecule has 5 rings (SSSR count). The van der Waals surface area contributed by atoms with Gasteiger partial charge < -0.3 is 24.8 Å². The van der Waals surface area contributed by atoms with E-state index in [0.29, 0.717) is 23.4 Å². The summed E-state index contributed by atoms with van der Waals surface area (Å²) >= 11 is 5.97. The fraction of sp³-hybridized carbons (Fsp3) is 0.240. The monoisotopic (exact) mass is 493 g/mol. The Morgan fingerprint density at radius 1 is 1.11 bits per heavy atom. The molecule has 0 saturated heterocycles. The van der Waals surface area contributed by atoms with Crippen molar-refractivity contribution in [3.63, 3.8) is 0 Å². The first kappa shape index (κ1) is 22.9. The van der Waals surface area contributed by atoms with Gasteiger partial charge in [0.05, 0.1) is 12.8 Å². The number of nitrogens with zero attached hydrogens (tertiary/aromatic N) is 5. The van der Waals surface area contributed by atoms with Crippen molar-refractivity contribution in [1.82, 2.24) is 19.5 Å². The maximum Gasteiger partial charge on any atom is 0.231 e. The number of halogens is 2. The van der Waals surface area contributed by atoms with E-state index in [1.807, 2.05) is 25.2 Å². The molecule has 0 radical (unpaired) electrons. The normalized spacial score (nSPS) is 14.1. The first-order valence-electron chi connectivity index (χ1n) is 11.1. The molecule has 0 amide bonds. The van der Waals surface area contributed by atoms with Crippen LogP contribution in [0.2, 0.25) is 5.15 Å². The molecule has 10 heteroatoms. The Bertz CT molecular complexity index is 1390. The standard InChI is InChI=1S/C25H25ClFN7O/c1-25(2)13-34(17-8-5-15(27)6-9-17)23-21(25)22(28-3)31-24(32-23)30-16-7-10-18(19(11-16)35-4)33-12-20(26)29-14-33/h5-12,14H,13H2,1-4H3,(H2,28,30,31,32). The van der Waals surface area contributed by atoms with Crippen LogP contribution in [0.4, 0.5) is 33.3 Å². The summed E-state index contributed by atoms with van der Waals surface area (Å²) in [5.41, 5.74) is 3.23. The Kier molecular flexibility index (Phi) is 5.72. The average Bonchev–Trinajstić information content (AvgIpc) is 3.39. The molecule has 0 saturated carbocycles. The fourth-order valence-electron chi connectivity index (χ4n) is 4.42. The van der Waals surface area contributed by atoms with E-state index in [0.717, 1.165) is 34.3 Å². The van der Waals surface area contributed by atoms with Gasteiger partial charge in [-0.1, -0.05) is 25.4 Å². The Balaban J connectivity index is 1.53. The highest BCUT2D eigenvalue weighted by molar-refractivity contribution is 6.29. The summed E-state index contributed by atoms with van der Waals surface area (Å²) in [6.07, 6.45) is 3.34. The number of ether oxygens (including phenoxy) is 1. The lowest BCUT2D eigenvalue weighted by Crippen LogP contribution is -2.25. The number of imidazole rings is 1. The molecule has 0 unspecified atom stereocenters. The molecule has 35 heavy (non-hydrogen) atoms. The summed E-state index contributed by atoms with van der Waals surface area (Å²) in [6, 6.07) is 12.1. The molecule has 1 aliphatic rings. The zero-order chi connectivity index (χ0) is 24.7. The van der Waals surface area contributed by atoms with E-state index in [9.17, 15) is 4.39 Å². The van der Waals surface area contributed by atoms with Crippen molar-refractivity contribution in [3.05, 3.63) is 71.5 Å². The molecule has 8 nitrogen and oxygen atoms in total. The largest absolute Gasteiger partial charge is 0.494 e. The number of anilines is 5. The lowest BCUT2D eigenvalue weighted by molar-refractivity contribution is 0.413. The van der Waals surface area contributed by atoms with E-state index >= 15 is 0 Å². The third kappa shape index (κ3) is 4.23. The smallest absolute Gasteiger partial charge is 0.231 e. The van der Waals surface area contributed by atoms with Gasteiger partial charge in [-0.3, -0.25) is 0 Å². The Hall–Kier alpha value is -3.85. The van der Waals surface area contributed by atoms with Crippen molar-refractivity contribution in [2.45, 2.75) is 19.3 Å². The molecule has 2 N–H and O–H groups in total. The van der Waals surface area contributed by atoms with Crippen molar-refractivity contribution in [2.24, 2.45) is 0 Å². The molecule has 180 valence electrons. The van der Waals surface area contributed by atoms with Crippen molar-refractivity contribution in [1.29, 1.82) is 0 Å². The van der Waals surface area contributed by atoms with Gasteiger partial charge in [0.25, 0.3) is 0 Å². The quantitative estimate of drug-likeness (QED) is 0.358. The third-order valence-corrected chi connectivity index (χ3v) is 6.21. The fourth-order valence-corrected chi connectivity index (χ4v) is 4.57. The van der Waals surface area contributed by atoms with Crippen LogP contribution >= 0.6 is 11.6 Å². The van der Waals surface area contributed by atoms with Gasteiger partial charge in [0.2, 0.25) is 5.95 Å².